The van der Waals surface area contributed by atoms with Crippen molar-refractivity contribution in [3.8, 4) is 0 Å². The number of hydrogen-bond donors (Lipinski definition) is 0. The maximum Gasteiger partial charge on any atom is 0.120 e. The van der Waals surface area contributed by atoms with Crippen LogP contribution in [0.15, 0.2) is 40.1 Å². The van der Waals surface area contributed by atoms with Crippen LogP contribution in [0.3, 0.4) is 0 Å². The molecule has 0 radical (unpaired) electrons. The fraction of sp³-hybridized carbons (Fsp3) is 0.600. The van der Waals surface area contributed by atoms with E-state index >= 15 is 0 Å². The maximum absolute atomic E-state index is 2.55. The topological polar surface area (TPSA) is 0 Å². The fourth-order valence-electron chi connectivity index (χ4n) is 5.63. The molecule has 0 saturated carbocycles. The summed E-state index contributed by atoms with van der Waals surface area (Å²) >= 11 is 0. The summed E-state index contributed by atoms with van der Waals surface area (Å²) in [7, 11) is -1.88. The minimum Gasteiger partial charge on any atom is -0.0654 e. The van der Waals surface area contributed by atoms with Crippen LogP contribution in [0, 0.1) is 19.8 Å². The van der Waals surface area contributed by atoms with E-state index in [2.05, 4.69) is 87.4 Å². The smallest absolute Gasteiger partial charge is 0.0654 e. The van der Waals surface area contributed by atoms with Gasteiger partial charge in [0.15, 0.2) is 0 Å². The Morgan fingerprint density at radius 1 is 0.808 bits per heavy atom. The zero-order valence-corrected chi connectivity index (χ0v) is 19.9. The van der Waals surface area contributed by atoms with Crippen molar-refractivity contribution in [2.24, 2.45) is 5.92 Å². The molecule has 2 rings (SSSR count). The zero-order valence-electron chi connectivity index (χ0n) is 18.9. The number of benzene rings is 1. The predicted octanol–water partition coefficient (Wildman–Crippen LogP) is 7.40. The van der Waals surface area contributed by atoms with Crippen molar-refractivity contribution in [1.29, 1.82) is 0 Å². The van der Waals surface area contributed by atoms with Crippen LogP contribution in [0.4, 0.5) is 0 Å². The molecule has 0 aromatic heterocycles. The van der Waals surface area contributed by atoms with E-state index in [-0.39, 0.29) is 0 Å². The molecule has 0 fully saturated rings. The lowest BCUT2D eigenvalue weighted by Gasteiger charge is -2.46. The van der Waals surface area contributed by atoms with E-state index < -0.39 is 8.07 Å². The first-order valence-corrected chi connectivity index (χ1v) is 12.8. The molecule has 0 nitrogen and oxygen atoms in total. The Labute approximate surface area is 163 Å². The molecule has 3 atom stereocenters. The van der Waals surface area contributed by atoms with E-state index in [1.165, 1.54) is 24.0 Å². The Morgan fingerprint density at radius 2 is 1.27 bits per heavy atom. The van der Waals surface area contributed by atoms with Crippen LogP contribution < -0.4 is 5.19 Å². The molecule has 0 N–H and O–H groups in total. The van der Waals surface area contributed by atoms with E-state index in [0.29, 0.717) is 5.92 Å². The van der Waals surface area contributed by atoms with Crippen molar-refractivity contribution in [1.82, 2.24) is 0 Å². The quantitative estimate of drug-likeness (QED) is 0.459. The highest BCUT2D eigenvalue weighted by molar-refractivity contribution is 7.00. The largest absolute Gasteiger partial charge is 0.120 e. The minimum atomic E-state index is -1.88. The normalized spacial score (nSPS) is 22.6. The lowest BCUT2D eigenvalue weighted by molar-refractivity contribution is 0.743. The predicted molar refractivity (Wildman–Crippen MR) is 121 cm³/mol. The molecule has 3 unspecified atom stereocenters. The van der Waals surface area contributed by atoms with Crippen molar-refractivity contribution in [3.05, 3.63) is 51.2 Å². The molecular weight excluding hydrogens is 328 g/mol. The fourth-order valence-corrected chi connectivity index (χ4v) is 13.1. The Kier molecular flexibility index (Phi) is 6.43. The molecule has 1 aliphatic carbocycles. The standard InChI is InChI=1S/C25H40Si/c1-11-18(5)26(19(6)12-2,24-14-16(3)13-17(4)15-24)25-22(9)20(7)21(8)23(25)10/h13-15,18-19,22H,11-12H2,1-10H3. The molecule has 0 spiro atoms. The van der Waals surface area contributed by atoms with Crippen LogP contribution in [-0.2, 0) is 0 Å². The van der Waals surface area contributed by atoms with Gasteiger partial charge in [-0.1, -0.05) is 98.3 Å². The van der Waals surface area contributed by atoms with Crippen molar-refractivity contribution in [2.45, 2.75) is 93.2 Å². The van der Waals surface area contributed by atoms with E-state index in [9.17, 15) is 0 Å². The van der Waals surface area contributed by atoms with Gasteiger partial charge in [0.05, 0.1) is 0 Å². The molecule has 0 heterocycles. The second-order valence-electron chi connectivity index (χ2n) is 8.93. The summed E-state index contributed by atoms with van der Waals surface area (Å²) in [5.41, 5.74) is 9.13. The molecule has 144 valence electrons. The Bertz CT molecular complexity index is 704. The van der Waals surface area contributed by atoms with E-state index in [1.54, 1.807) is 21.9 Å². The van der Waals surface area contributed by atoms with Crippen molar-refractivity contribution in [3.63, 3.8) is 0 Å². The van der Waals surface area contributed by atoms with Crippen LogP contribution in [0.5, 0.6) is 0 Å². The molecule has 0 amide bonds. The van der Waals surface area contributed by atoms with Crippen LogP contribution in [0.1, 0.15) is 79.4 Å². The lowest BCUT2D eigenvalue weighted by atomic mass is 10.1. The number of hydrogen-bond acceptors (Lipinski definition) is 0. The number of rotatable bonds is 6. The summed E-state index contributed by atoms with van der Waals surface area (Å²) in [5.74, 6) is 0.602. The summed E-state index contributed by atoms with van der Waals surface area (Å²) in [6.45, 7) is 24.0. The maximum atomic E-state index is 2.55. The van der Waals surface area contributed by atoms with Gasteiger partial charge < -0.3 is 0 Å². The van der Waals surface area contributed by atoms with Crippen LogP contribution in [0.2, 0.25) is 11.1 Å². The second kappa shape index (κ2) is 7.88. The van der Waals surface area contributed by atoms with Crippen LogP contribution in [-0.4, -0.2) is 8.07 Å². The van der Waals surface area contributed by atoms with Gasteiger partial charge in [0.2, 0.25) is 0 Å². The van der Waals surface area contributed by atoms with Gasteiger partial charge >= 0.3 is 0 Å². The summed E-state index contributed by atoms with van der Waals surface area (Å²) in [5, 5.41) is 3.52. The first-order valence-electron chi connectivity index (χ1n) is 10.6. The molecule has 0 bridgehead atoms. The highest BCUT2D eigenvalue weighted by Crippen LogP contribution is 2.51. The average Bonchev–Trinajstić information content (AvgIpc) is 2.79. The van der Waals surface area contributed by atoms with Crippen LogP contribution in [0.25, 0.3) is 0 Å². The van der Waals surface area contributed by atoms with Crippen molar-refractivity contribution in [2.75, 3.05) is 0 Å². The number of allylic oxidation sites excluding steroid dienone is 4. The highest BCUT2D eigenvalue weighted by atomic mass is 28.3. The van der Waals surface area contributed by atoms with E-state index in [4.69, 9.17) is 0 Å². The van der Waals surface area contributed by atoms with Gasteiger partial charge in [-0.3, -0.25) is 0 Å². The van der Waals surface area contributed by atoms with E-state index in [1.807, 2.05) is 5.20 Å². The summed E-state index contributed by atoms with van der Waals surface area (Å²) < 4.78 is 0. The molecule has 0 saturated heterocycles. The Hall–Kier alpha value is -1.08. The second-order valence-corrected chi connectivity index (χ2v) is 13.8. The van der Waals surface area contributed by atoms with Crippen LogP contribution >= 0.6 is 0 Å². The molecule has 1 aliphatic rings. The first kappa shape index (κ1) is 21.2. The summed E-state index contributed by atoms with van der Waals surface area (Å²) in [6, 6.07) is 7.41. The van der Waals surface area contributed by atoms with Crippen molar-refractivity contribution >= 4 is 13.3 Å². The van der Waals surface area contributed by atoms with Gasteiger partial charge in [-0.05, 0) is 57.2 Å². The third kappa shape index (κ3) is 3.17. The third-order valence-corrected chi connectivity index (χ3v) is 14.4. The average molecular weight is 369 g/mol. The van der Waals surface area contributed by atoms with Gasteiger partial charge in [-0.15, -0.1) is 0 Å². The SMILES string of the molecule is CCC(C)[Si](C1=C(C)C(C)=C(C)C1C)(c1cc(C)cc(C)c1)C(C)CC. The Morgan fingerprint density at radius 3 is 1.62 bits per heavy atom. The van der Waals surface area contributed by atoms with Gasteiger partial charge in [-0.2, -0.15) is 0 Å². The highest BCUT2D eigenvalue weighted by Gasteiger charge is 2.50. The summed E-state index contributed by atoms with van der Waals surface area (Å²) in [6.07, 6.45) is 2.54. The van der Waals surface area contributed by atoms with Crippen molar-refractivity contribution < 1.29 is 0 Å². The lowest BCUT2D eigenvalue weighted by Crippen LogP contribution is -2.57. The minimum absolute atomic E-state index is 0.602. The van der Waals surface area contributed by atoms with Gasteiger partial charge in [0, 0.05) is 0 Å². The molecular formula is C25H40Si. The first-order chi connectivity index (χ1) is 12.1. The Balaban J connectivity index is 2.91. The molecule has 1 aromatic carbocycles. The van der Waals surface area contributed by atoms with Gasteiger partial charge in [0.25, 0.3) is 0 Å². The van der Waals surface area contributed by atoms with Gasteiger partial charge in [0.1, 0.15) is 8.07 Å². The summed E-state index contributed by atoms with van der Waals surface area (Å²) in [4.78, 5) is 0. The molecule has 1 aromatic rings. The third-order valence-electron chi connectivity index (χ3n) is 7.56. The van der Waals surface area contributed by atoms with E-state index in [0.717, 1.165) is 11.1 Å². The molecule has 26 heavy (non-hydrogen) atoms. The van der Waals surface area contributed by atoms with Gasteiger partial charge in [-0.25, -0.2) is 0 Å². The molecule has 1 heteroatoms. The zero-order chi connectivity index (χ0) is 19.8. The number of aryl methyl sites for hydroxylation is 2. The molecule has 0 aliphatic heterocycles. The monoisotopic (exact) mass is 368 g/mol.